The molecule has 2 aliphatic heterocycles. The lowest BCUT2D eigenvalue weighted by molar-refractivity contribution is -0.137. The molecule has 204 valence electrons. The highest BCUT2D eigenvalue weighted by molar-refractivity contribution is 5.87. The second-order valence-electron chi connectivity index (χ2n) is 9.77. The van der Waals surface area contributed by atoms with Crippen LogP contribution in [0.3, 0.4) is 0 Å². The smallest absolute Gasteiger partial charge is 0.252 e. The summed E-state index contributed by atoms with van der Waals surface area (Å²) in [6.45, 7) is 5.33. The number of nitrogens with one attached hydrogen (secondary N) is 3. The van der Waals surface area contributed by atoms with Crippen LogP contribution >= 0.6 is 0 Å². The normalized spacial score (nSPS) is 24.9. The lowest BCUT2D eigenvalue weighted by atomic mass is 10.0. The van der Waals surface area contributed by atoms with Gasteiger partial charge in [0, 0.05) is 18.7 Å². The molecule has 1 aromatic carbocycles. The van der Waals surface area contributed by atoms with Crippen LogP contribution < -0.4 is 10.6 Å². The Labute approximate surface area is 223 Å². The summed E-state index contributed by atoms with van der Waals surface area (Å²) in [5, 5.41) is 34.8. The molecular formula is C26H30N8O5. The number of fused-ring (bicyclic) bond motifs is 1. The maximum Gasteiger partial charge on any atom is 0.252 e. The van der Waals surface area contributed by atoms with Gasteiger partial charge in [-0.1, -0.05) is 29.8 Å². The van der Waals surface area contributed by atoms with Gasteiger partial charge >= 0.3 is 0 Å². The second-order valence-corrected chi connectivity index (χ2v) is 9.77. The number of anilines is 1. The van der Waals surface area contributed by atoms with Crippen molar-refractivity contribution < 1.29 is 24.5 Å². The number of aromatic nitrogens is 6. The Morgan fingerprint density at radius 1 is 1.21 bits per heavy atom. The van der Waals surface area contributed by atoms with Crippen LogP contribution in [0.1, 0.15) is 25.1 Å². The third kappa shape index (κ3) is 4.63. The number of nitrogens with zero attached hydrogens (tertiary/aromatic N) is 5. The minimum absolute atomic E-state index is 0.0386. The molecule has 13 heteroatoms. The van der Waals surface area contributed by atoms with Gasteiger partial charge in [-0.05, 0) is 25.8 Å². The molecule has 13 nitrogen and oxygen atoms in total. The van der Waals surface area contributed by atoms with Crippen LogP contribution in [0, 0.1) is 6.92 Å². The number of H-pyrrole nitrogens is 1. The minimum atomic E-state index is -1.42. The summed E-state index contributed by atoms with van der Waals surface area (Å²) < 4.78 is 12.9. The van der Waals surface area contributed by atoms with Crippen molar-refractivity contribution in [1.29, 1.82) is 0 Å². The molecule has 4 aromatic rings. The molecule has 0 saturated carbocycles. The highest BCUT2D eigenvalue weighted by Crippen LogP contribution is 2.35. The Morgan fingerprint density at radius 3 is 2.77 bits per heavy atom. The van der Waals surface area contributed by atoms with Gasteiger partial charge in [-0.15, -0.1) is 0 Å². The average Bonchev–Trinajstić information content (AvgIpc) is 3.73. The third-order valence-corrected chi connectivity index (χ3v) is 7.04. The van der Waals surface area contributed by atoms with Gasteiger partial charge in [0.1, 0.15) is 17.9 Å². The van der Waals surface area contributed by atoms with Crippen molar-refractivity contribution >= 4 is 22.9 Å². The summed E-state index contributed by atoms with van der Waals surface area (Å²) >= 11 is 0. The maximum atomic E-state index is 12.4. The summed E-state index contributed by atoms with van der Waals surface area (Å²) in [6.07, 6.45) is -1.14. The standard InChI is InChI=1S/C26H30N8O5/c1-3-27-25(37)21-19(35)20(36)26(39-21)34-12-28-18-23(30-15-8-9-38-11-15)31-22(32-24(18)34)17-16(10-29-33-17)14-6-4-13(2)5-7-14/h4-7,10,12,15,19-21,26,35-36H,3,8-9,11H2,1-2H3,(H,27,37)(H,29,33)(H,30,31,32)/t15?,19-,20+,21-,26+/m0/s1. The Kier molecular flexibility index (Phi) is 6.73. The maximum absolute atomic E-state index is 12.4. The van der Waals surface area contributed by atoms with Crippen molar-refractivity contribution in [3.05, 3.63) is 42.4 Å². The molecule has 1 unspecified atom stereocenters. The number of hydrogen-bond donors (Lipinski definition) is 5. The molecule has 6 rings (SSSR count). The Hall–Kier alpha value is -3.91. The first-order valence-electron chi connectivity index (χ1n) is 12.9. The van der Waals surface area contributed by atoms with Crippen LogP contribution in [0.2, 0.25) is 0 Å². The molecule has 2 saturated heterocycles. The topological polar surface area (TPSA) is 172 Å². The Morgan fingerprint density at radius 2 is 2.03 bits per heavy atom. The number of ether oxygens (including phenoxy) is 2. The van der Waals surface area contributed by atoms with Crippen molar-refractivity contribution in [2.24, 2.45) is 0 Å². The van der Waals surface area contributed by atoms with E-state index in [-0.39, 0.29) is 6.04 Å². The number of carbonyl (C=O) groups is 1. The van der Waals surface area contributed by atoms with E-state index in [0.717, 1.165) is 23.1 Å². The first-order valence-corrected chi connectivity index (χ1v) is 12.9. The summed E-state index contributed by atoms with van der Waals surface area (Å²) in [5.74, 6) is 0.337. The molecule has 5 heterocycles. The Balaban J connectivity index is 1.45. The van der Waals surface area contributed by atoms with Crippen LogP contribution in [0.4, 0.5) is 5.82 Å². The summed E-state index contributed by atoms with van der Waals surface area (Å²) in [5.41, 5.74) is 4.32. The lowest BCUT2D eigenvalue weighted by Gasteiger charge is -2.17. The van der Waals surface area contributed by atoms with Crippen molar-refractivity contribution in [2.45, 2.75) is 50.8 Å². The van der Waals surface area contributed by atoms with Crippen LogP contribution in [0.5, 0.6) is 0 Å². The largest absolute Gasteiger partial charge is 0.387 e. The van der Waals surface area contributed by atoms with E-state index in [4.69, 9.17) is 19.4 Å². The minimum Gasteiger partial charge on any atom is -0.387 e. The number of carbonyl (C=O) groups excluding carboxylic acids is 1. The van der Waals surface area contributed by atoms with E-state index in [1.54, 1.807) is 13.1 Å². The first-order chi connectivity index (χ1) is 18.9. The van der Waals surface area contributed by atoms with Gasteiger partial charge in [0.15, 0.2) is 35.1 Å². The van der Waals surface area contributed by atoms with Gasteiger partial charge in [-0.2, -0.15) is 5.10 Å². The van der Waals surface area contributed by atoms with Gasteiger partial charge < -0.3 is 30.3 Å². The quantitative estimate of drug-likeness (QED) is 0.231. The molecule has 0 bridgehead atoms. The van der Waals surface area contributed by atoms with Gasteiger partial charge in [0.2, 0.25) is 0 Å². The third-order valence-electron chi connectivity index (χ3n) is 7.04. The van der Waals surface area contributed by atoms with E-state index in [2.05, 4.69) is 25.8 Å². The number of aromatic amines is 1. The summed E-state index contributed by atoms with van der Waals surface area (Å²) in [7, 11) is 0. The average molecular weight is 535 g/mol. The van der Waals surface area contributed by atoms with Crippen LogP contribution in [-0.4, -0.2) is 89.9 Å². The molecule has 1 amide bonds. The van der Waals surface area contributed by atoms with E-state index in [9.17, 15) is 15.0 Å². The number of aryl methyl sites for hydroxylation is 1. The molecule has 0 radical (unpaired) electrons. The van der Waals surface area contributed by atoms with E-state index < -0.39 is 30.4 Å². The molecule has 0 aliphatic carbocycles. The van der Waals surface area contributed by atoms with Crippen molar-refractivity contribution in [3.63, 3.8) is 0 Å². The summed E-state index contributed by atoms with van der Waals surface area (Å²) in [6, 6.07) is 8.10. The van der Waals surface area contributed by atoms with Gasteiger partial charge in [0.25, 0.3) is 5.91 Å². The zero-order valence-electron chi connectivity index (χ0n) is 21.5. The number of aliphatic hydroxyl groups is 2. The highest BCUT2D eigenvalue weighted by Gasteiger charge is 2.47. The molecule has 0 spiro atoms. The number of rotatable bonds is 7. The molecule has 39 heavy (non-hydrogen) atoms. The SMILES string of the molecule is CCNC(=O)[C@H]1O[C@@H](n2cnc3c(NC4CCOC4)nc(-c4[nH]ncc4-c4ccc(C)cc4)nc32)[C@H](O)[C@@H]1O. The summed E-state index contributed by atoms with van der Waals surface area (Å²) in [4.78, 5) is 26.6. The highest BCUT2D eigenvalue weighted by atomic mass is 16.6. The fraction of sp³-hybridized carbons (Fsp3) is 0.423. The molecule has 2 aliphatic rings. The second kappa shape index (κ2) is 10.3. The fourth-order valence-electron chi connectivity index (χ4n) is 4.95. The zero-order valence-corrected chi connectivity index (χ0v) is 21.5. The van der Waals surface area contributed by atoms with Gasteiger partial charge in [-0.25, -0.2) is 15.0 Å². The van der Waals surface area contributed by atoms with Crippen LogP contribution in [0.15, 0.2) is 36.8 Å². The lowest BCUT2D eigenvalue weighted by Crippen LogP contribution is -2.42. The van der Waals surface area contributed by atoms with E-state index in [0.29, 0.717) is 48.3 Å². The number of aliphatic hydroxyl groups excluding tert-OH is 2. The van der Waals surface area contributed by atoms with Crippen molar-refractivity contribution in [3.8, 4) is 22.6 Å². The van der Waals surface area contributed by atoms with Gasteiger partial charge in [-0.3, -0.25) is 14.5 Å². The molecular weight excluding hydrogens is 504 g/mol. The molecule has 3 aromatic heterocycles. The van der Waals surface area contributed by atoms with Gasteiger partial charge in [0.05, 0.1) is 25.2 Å². The monoisotopic (exact) mass is 534 g/mol. The molecule has 5 atom stereocenters. The number of amides is 1. The first kappa shape index (κ1) is 25.4. The fourth-order valence-corrected chi connectivity index (χ4v) is 4.95. The van der Waals surface area contributed by atoms with Crippen LogP contribution in [-0.2, 0) is 14.3 Å². The van der Waals surface area contributed by atoms with E-state index in [1.165, 1.54) is 10.9 Å². The Bertz CT molecular complexity index is 1480. The number of benzene rings is 1. The number of hydrogen-bond acceptors (Lipinski definition) is 10. The van der Waals surface area contributed by atoms with Crippen molar-refractivity contribution in [1.82, 2.24) is 35.0 Å². The number of likely N-dealkylation sites (N-methyl/N-ethyl adjacent to an activating group) is 1. The van der Waals surface area contributed by atoms with Crippen LogP contribution in [0.25, 0.3) is 33.8 Å². The number of imidazole rings is 1. The van der Waals surface area contributed by atoms with E-state index in [1.807, 2.05) is 31.2 Å². The molecule has 2 fully saturated rings. The molecule has 5 N–H and O–H groups in total. The predicted octanol–water partition coefficient (Wildman–Crippen LogP) is 1.15. The zero-order chi connectivity index (χ0) is 27.1. The predicted molar refractivity (Wildman–Crippen MR) is 141 cm³/mol. The van der Waals surface area contributed by atoms with Crippen molar-refractivity contribution in [2.75, 3.05) is 25.1 Å². The van der Waals surface area contributed by atoms with E-state index >= 15 is 0 Å².